The van der Waals surface area contributed by atoms with Crippen molar-refractivity contribution >= 4 is 22.0 Å². The van der Waals surface area contributed by atoms with Crippen LogP contribution in [-0.4, -0.2) is 45.5 Å². The summed E-state index contributed by atoms with van der Waals surface area (Å²) >= 11 is 3.05. The first-order valence-electron chi connectivity index (χ1n) is 8.03. The zero-order chi connectivity index (χ0) is 19.6. The first kappa shape index (κ1) is 18.8. The molecule has 0 radical (unpaired) electrons. The van der Waals surface area contributed by atoms with Gasteiger partial charge >= 0.3 is 6.09 Å². The Balaban J connectivity index is 1.98. The van der Waals surface area contributed by atoms with Crippen LogP contribution in [0.15, 0.2) is 27.5 Å². The summed E-state index contributed by atoms with van der Waals surface area (Å²) in [5, 5.41) is 24.3. The number of carboxylic acid groups (broad SMARTS) is 1. The molecule has 1 amide bonds. The van der Waals surface area contributed by atoms with Gasteiger partial charge in [0.1, 0.15) is 18.0 Å². The van der Waals surface area contributed by atoms with Crippen molar-refractivity contribution in [1.29, 1.82) is 5.26 Å². The van der Waals surface area contributed by atoms with Gasteiger partial charge in [-0.2, -0.15) is 10.4 Å². The van der Waals surface area contributed by atoms with Crippen LogP contribution in [0.4, 0.5) is 9.18 Å². The fourth-order valence-corrected chi connectivity index (χ4v) is 3.12. The molecule has 27 heavy (non-hydrogen) atoms. The van der Waals surface area contributed by atoms with Crippen molar-refractivity contribution in [2.75, 3.05) is 13.1 Å². The first-order valence-corrected chi connectivity index (χ1v) is 8.82. The lowest BCUT2D eigenvalue weighted by atomic mass is 10.0. The highest BCUT2D eigenvalue weighted by Crippen LogP contribution is 2.32. The van der Waals surface area contributed by atoms with E-state index in [-0.39, 0.29) is 40.1 Å². The summed E-state index contributed by atoms with van der Waals surface area (Å²) in [4.78, 5) is 24.6. The number of hydrogen-bond acceptors (Lipinski definition) is 5. The second kappa shape index (κ2) is 7.75. The number of amides is 1. The Bertz CT molecular complexity index is 980. The van der Waals surface area contributed by atoms with E-state index in [0.29, 0.717) is 12.8 Å². The molecule has 1 aromatic carbocycles. The highest BCUT2D eigenvalue weighted by Gasteiger charge is 2.27. The zero-order valence-electron chi connectivity index (χ0n) is 13.9. The average molecular weight is 437 g/mol. The van der Waals surface area contributed by atoms with E-state index in [0.717, 1.165) is 6.07 Å². The molecule has 0 saturated carbocycles. The normalized spacial score (nSPS) is 14.6. The van der Waals surface area contributed by atoms with Gasteiger partial charge in [-0.1, -0.05) is 6.07 Å². The second-order valence-electron chi connectivity index (χ2n) is 5.93. The zero-order valence-corrected chi connectivity index (χ0v) is 15.5. The van der Waals surface area contributed by atoms with Crippen molar-refractivity contribution in [2.45, 2.75) is 18.9 Å². The van der Waals surface area contributed by atoms with Gasteiger partial charge in [-0.25, -0.2) is 14.3 Å². The molecule has 8 nitrogen and oxygen atoms in total. The van der Waals surface area contributed by atoms with Crippen molar-refractivity contribution in [3.8, 4) is 22.9 Å². The van der Waals surface area contributed by atoms with Crippen LogP contribution >= 0.6 is 15.9 Å². The van der Waals surface area contributed by atoms with Crippen molar-refractivity contribution in [2.24, 2.45) is 0 Å². The monoisotopic (exact) mass is 436 g/mol. The summed E-state index contributed by atoms with van der Waals surface area (Å²) in [7, 11) is 0. The van der Waals surface area contributed by atoms with Gasteiger partial charge in [0.25, 0.3) is 5.56 Å². The van der Waals surface area contributed by atoms with E-state index in [4.69, 9.17) is 9.84 Å². The van der Waals surface area contributed by atoms with Crippen molar-refractivity contribution in [3.05, 3.63) is 44.5 Å². The summed E-state index contributed by atoms with van der Waals surface area (Å²) in [6, 6.07) is 6.00. The Morgan fingerprint density at radius 3 is 2.74 bits per heavy atom. The van der Waals surface area contributed by atoms with Crippen molar-refractivity contribution < 1.29 is 19.0 Å². The molecule has 1 aliphatic heterocycles. The lowest BCUT2D eigenvalue weighted by Gasteiger charge is -2.30. The van der Waals surface area contributed by atoms with Crippen LogP contribution < -0.4 is 10.3 Å². The maximum Gasteiger partial charge on any atom is 0.407 e. The quantitative estimate of drug-likeness (QED) is 0.762. The number of nitrogens with zero attached hydrogens (tertiary/aromatic N) is 3. The molecule has 0 atom stereocenters. The number of piperidine rings is 1. The number of likely N-dealkylation sites (tertiary alicyclic amines) is 1. The molecule has 1 saturated heterocycles. The smallest absolute Gasteiger partial charge is 0.407 e. The largest absolute Gasteiger partial charge is 0.486 e. The standard InChI is InChI=1S/C17H14BrFN4O4/c18-11-2-1-9(7-12(11)19)14-15(13(8-20)21-22-16(14)24)27-10-3-5-23(6-4-10)17(25)26/h1-2,7,10H,3-6H2,(H,22,24)(H,25,26). The number of nitrogens with one attached hydrogen (secondary N) is 1. The number of hydrogen-bond donors (Lipinski definition) is 2. The SMILES string of the molecule is N#Cc1n[nH]c(=O)c(-c2ccc(Br)c(F)c2)c1OC1CCN(C(=O)O)CC1. The molecule has 1 fully saturated rings. The van der Waals surface area contributed by atoms with Crippen LogP contribution in [0, 0.1) is 17.1 Å². The van der Waals surface area contributed by atoms with Gasteiger partial charge in [-0.05, 0) is 33.6 Å². The fraction of sp³-hybridized carbons (Fsp3) is 0.294. The molecule has 0 bridgehead atoms. The highest BCUT2D eigenvalue weighted by molar-refractivity contribution is 9.10. The summed E-state index contributed by atoms with van der Waals surface area (Å²) < 4.78 is 20.1. The molecule has 0 spiro atoms. The molecule has 2 aromatic rings. The van der Waals surface area contributed by atoms with E-state index in [2.05, 4.69) is 26.1 Å². The molecular weight excluding hydrogens is 423 g/mol. The number of carbonyl (C=O) groups is 1. The van der Waals surface area contributed by atoms with E-state index in [9.17, 15) is 19.2 Å². The van der Waals surface area contributed by atoms with Crippen molar-refractivity contribution in [3.63, 3.8) is 0 Å². The van der Waals surface area contributed by atoms with Gasteiger partial charge in [0, 0.05) is 25.9 Å². The van der Waals surface area contributed by atoms with Crippen LogP contribution in [0.2, 0.25) is 0 Å². The maximum absolute atomic E-state index is 13.9. The highest BCUT2D eigenvalue weighted by atomic mass is 79.9. The fourth-order valence-electron chi connectivity index (χ4n) is 2.87. The summed E-state index contributed by atoms with van der Waals surface area (Å²) in [6.07, 6.45) is -0.596. The predicted octanol–water partition coefficient (Wildman–Crippen LogP) is 2.73. The minimum atomic E-state index is -1.00. The Labute approximate surface area is 161 Å². The third-order valence-corrected chi connectivity index (χ3v) is 4.89. The van der Waals surface area contributed by atoms with E-state index < -0.39 is 23.6 Å². The molecule has 2 heterocycles. The van der Waals surface area contributed by atoms with Crippen molar-refractivity contribution in [1.82, 2.24) is 15.1 Å². The van der Waals surface area contributed by atoms with E-state index in [1.54, 1.807) is 0 Å². The van der Waals surface area contributed by atoms with Crippen LogP contribution in [0.5, 0.6) is 5.75 Å². The number of halogens is 2. The van der Waals surface area contributed by atoms with Gasteiger partial charge in [-0.15, -0.1) is 0 Å². The van der Waals surface area contributed by atoms with E-state index in [1.165, 1.54) is 17.0 Å². The lowest BCUT2D eigenvalue weighted by molar-refractivity contribution is 0.0892. The third kappa shape index (κ3) is 3.93. The Morgan fingerprint density at radius 1 is 1.44 bits per heavy atom. The lowest BCUT2D eigenvalue weighted by Crippen LogP contribution is -2.41. The number of aromatic amines is 1. The molecule has 1 aliphatic rings. The first-order chi connectivity index (χ1) is 12.9. The molecule has 0 unspecified atom stereocenters. The predicted molar refractivity (Wildman–Crippen MR) is 95.9 cm³/mol. The molecule has 10 heteroatoms. The van der Waals surface area contributed by atoms with Gasteiger partial charge in [-0.3, -0.25) is 4.79 Å². The Morgan fingerprint density at radius 2 is 2.15 bits per heavy atom. The van der Waals surface area contributed by atoms with Gasteiger partial charge in [0.05, 0.1) is 10.0 Å². The minimum Gasteiger partial charge on any atom is -0.486 e. The van der Waals surface area contributed by atoms with Crippen LogP contribution in [0.25, 0.3) is 11.1 Å². The maximum atomic E-state index is 13.9. The number of benzene rings is 1. The third-order valence-electron chi connectivity index (χ3n) is 4.25. The van der Waals surface area contributed by atoms with Crippen LogP contribution in [0.1, 0.15) is 18.5 Å². The molecule has 0 aliphatic carbocycles. The molecule has 2 N–H and O–H groups in total. The van der Waals surface area contributed by atoms with E-state index >= 15 is 0 Å². The van der Waals surface area contributed by atoms with Gasteiger partial charge in [0.2, 0.25) is 5.69 Å². The van der Waals surface area contributed by atoms with Gasteiger partial charge < -0.3 is 14.7 Å². The summed E-state index contributed by atoms with van der Waals surface area (Å²) in [6.45, 7) is 0.557. The Kier molecular flexibility index (Phi) is 5.41. The summed E-state index contributed by atoms with van der Waals surface area (Å²) in [5.74, 6) is -0.598. The van der Waals surface area contributed by atoms with E-state index in [1.807, 2.05) is 6.07 Å². The minimum absolute atomic E-state index is 0.00798. The Hall–Kier alpha value is -2.93. The number of nitriles is 1. The molecule has 1 aromatic heterocycles. The number of aromatic nitrogens is 2. The average Bonchev–Trinajstić information content (AvgIpc) is 2.65. The van der Waals surface area contributed by atoms with Crippen LogP contribution in [0.3, 0.4) is 0 Å². The number of H-pyrrole nitrogens is 1. The molecule has 140 valence electrons. The molecule has 3 rings (SSSR count). The number of rotatable bonds is 3. The molecular formula is C17H14BrFN4O4. The summed E-state index contributed by atoms with van der Waals surface area (Å²) in [5.41, 5.74) is -0.496. The second-order valence-corrected chi connectivity index (χ2v) is 6.79. The van der Waals surface area contributed by atoms with Gasteiger partial charge in [0.15, 0.2) is 5.75 Å². The topological polar surface area (TPSA) is 119 Å². The van der Waals surface area contributed by atoms with Crippen LogP contribution in [-0.2, 0) is 0 Å². The number of ether oxygens (including phenoxy) is 1.